The van der Waals surface area contributed by atoms with Gasteiger partial charge in [-0.05, 0) is 20.2 Å². The van der Waals surface area contributed by atoms with Crippen LogP contribution in [0.2, 0.25) is 0 Å². The molecule has 1 aromatic heterocycles. The molecule has 0 unspecified atom stereocenters. The maximum atomic E-state index is 10.5. The van der Waals surface area contributed by atoms with Gasteiger partial charge in [0, 0.05) is 6.20 Å². The van der Waals surface area contributed by atoms with Crippen LogP contribution in [0.15, 0.2) is 18.5 Å². The van der Waals surface area contributed by atoms with Crippen LogP contribution in [0.5, 0.6) is 0 Å². The molecule has 0 aliphatic heterocycles. The highest BCUT2D eigenvalue weighted by atomic mass is 16.4. The van der Waals surface area contributed by atoms with Gasteiger partial charge in [0.25, 0.3) is 0 Å². The molecule has 5 heteroatoms. The number of amides is 1. The summed E-state index contributed by atoms with van der Waals surface area (Å²) < 4.78 is 0. The van der Waals surface area contributed by atoms with Crippen molar-refractivity contribution in [2.24, 2.45) is 0 Å². The first-order chi connectivity index (χ1) is 7.59. The minimum atomic E-state index is -1.12. The Balaban J connectivity index is 2.85. The monoisotopic (exact) mass is 219 g/mol. The minimum Gasteiger partial charge on any atom is -0.465 e. The molecule has 0 saturated carbocycles. The number of rotatable bonds is 2. The van der Waals surface area contributed by atoms with Crippen molar-refractivity contribution in [2.75, 3.05) is 26.0 Å². The first kappa shape index (κ1) is 12.0. The Kier molecular flexibility index (Phi) is 4.30. The van der Waals surface area contributed by atoms with Gasteiger partial charge in [-0.1, -0.05) is 11.8 Å². The highest BCUT2D eigenvalue weighted by Crippen LogP contribution is 2.11. The molecule has 0 aliphatic carbocycles. The zero-order valence-electron chi connectivity index (χ0n) is 9.19. The zero-order valence-corrected chi connectivity index (χ0v) is 9.19. The van der Waals surface area contributed by atoms with E-state index in [1.807, 2.05) is 19.0 Å². The maximum Gasteiger partial charge on any atom is 0.409 e. The quantitative estimate of drug-likeness (QED) is 0.731. The van der Waals surface area contributed by atoms with Crippen LogP contribution < -0.4 is 5.32 Å². The molecule has 1 aromatic rings. The van der Waals surface area contributed by atoms with Crippen molar-refractivity contribution < 1.29 is 9.90 Å². The van der Waals surface area contributed by atoms with E-state index in [9.17, 15) is 4.79 Å². The van der Waals surface area contributed by atoms with Gasteiger partial charge in [-0.15, -0.1) is 0 Å². The Morgan fingerprint density at radius 3 is 3.00 bits per heavy atom. The average molecular weight is 219 g/mol. The van der Waals surface area contributed by atoms with Crippen LogP contribution >= 0.6 is 0 Å². The second-order valence-corrected chi connectivity index (χ2v) is 3.39. The molecule has 0 radical (unpaired) electrons. The number of carboxylic acid groups (broad SMARTS) is 1. The fraction of sp³-hybridized carbons (Fsp3) is 0.273. The summed E-state index contributed by atoms with van der Waals surface area (Å²) in [5.74, 6) is 5.82. The number of nitrogens with one attached hydrogen (secondary N) is 1. The molecule has 2 N–H and O–H groups in total. The number of nitrogens with zero attached hydrogens (tertiary/aromatic N) is 2. The van der Waals surface area contributed by atoms with Gasteiger partial charge in [0.2, 0.25) is 0 Å². The summed E-state index contributed by atoms with van der Waals surface area (Å²) in [4.78, 5) is 16.3. The first-order valence-corrected chi connectivity index (χ1v) is 4.67. The van der Waals surface area contributed by atoms with Crippen LogP contribution in [-0.2, 0) is 0 Å². The van der Waals surface area contributed by atoms with Crippen molar-refractivity contribution in [2.45, 2.75) is 0 Å². The summed E-state index contributed by atoms with van der Waals surface area (Å²) in [6.45, 7) is 0.620. The van der Waals surface area contributed by atoms with Crippen molar-refractivity contribution in [3.8, 4) is 11.8 Å². The number of carbonyl (C=O) groups is 1. The lowest BCUT2D eigenvalue weighted by Gasteiger charge is -2.03. The highest BCUT2D eigenvalue weighted by molar-refractivity contribution is 5.84. The lowest BCUT2D eigenvalue weighted by molar-refractivity contribution is 0.209. The van der Waals surface area contributed by atoms with Crippen LogP contribution in [0, 0.1) is 11.8 Å². The van der Waals surface area contributed by atoms with Crippen molar-refractivity contribution in [1.29, 1.82) is 0 Å². The topological polar surface area (TPSA) is 65.5 Å². The highest BCUT2D eigenvalue weighted by Gasteiger charge is 2.02. The Hall–Kier alpha value is -2.06. The molecule has 0 aromatic carbocycles. The van der Waals surface area contributed by atoms with E-state index in [4.69, 9.17) is 5.11 Å². The maximum absolute atomic E-state index is 10.5. The molecular weight excluding hydrogens is 206 g/mol. The Morgan fingerprint density at radius 2 is 2.38 bits per heavy atom. The van der Waals surface area contributed by atoms with E-state index < -0.39 is 6.09 Å². The van der Waals surface area contributed by atoms with E-state index in [1.165, 1.54) is 6.20 Å². The fourth-order valence-corrected chi connectivity index (χ4v) is 1.01. The van der Waals surface area contributed by atoms with Gasteiger partial charge in [-0.25, -0.2) is 4.79 Å². The van der Waals surface area contributed by atoms with Gasteiger partial charge in [-0.2, -0.15) is 0 Å². The van der Waals surface area contributed by atoms with Gasteiger partial charge in [0.05, 0.1) is 24.0 Å². The first-order valence-electron chi connectivity index (χ1n) is 4.67. The van der Waals surface area contributed by atoms with Crippen molar-refractivity contribution >= 4 is 11.8 Å². The summed E-state index contributed by atoms with van der Waals surface area (Å²) in [5, 5.41) is 10.9. The van der Waals surface area contributed by atoms with E-state index in [0.29, 0.717) is 17.8 Å². The summed E-state index contributed by atoms with van der Waals surface area (Å²) in [6.07, 6.45) is 1.89. The van der Waals surface area contributed by atoms with Crippen LogP contribution in [0.1, 0.15) is 5.56 Å². The SMILES string of the molecule is CN(C)CC#Cc1ccncc1NC(=O)O. The summed E-state index contributed by atoms with van der Waals surface area (Å²) >= 11 is 0. The number of anilines is 1. The number of hydrogen-bond donors (Lipinski definition) is 2. The number of hydrogen-bond acceptors (Lipinski definition) is 3. The Bertz CT molecular complexity index is 432. The summed E-state index contributed by atoms with van der Waals surface area (Å²) in [5.41, 5.74) is 1.03. The molecule has 16 heavy (non-hydrogen) atoms. The summed E-state index contributed by atoms with van der Waals surface area (Å²) in [6, 6.07) is 1.67. The van der Waals surface area contributed by atoms with Crippen LogP contribution in [0.4, 0.5) is 10.5 Å². The molecule has 0 aliphatic rings. The van der Waals surface area contributed by atoms with Crippen LogP contribution in [-0.4, -0.2) is 41.7 Å². The molecule has 1 rings (SSSR count). The molecule has 0 spiro atoms. The Labute approximate surface area is 94.1 Å². The molecule has 1 amide bonds. The van der Waals surface area contributed by atoms with Crippen molar-refractivity contribution in [3.05, 3.63) is 24.0 Å². The molecule has 0 atom stereocenters. The van der Waals surface area contributed by atoms with E-state index >= 15 is 0 Å². The van der Waals surface area contributed by atoms with Crippen LogP contribution in [0.25, 0.3) is 0 Å². The third kappa shape index (κ3) is 3.98. The van der Waals surface area contributed by atoms with Crippen molar-refractivity contribution in [3.63, 3.8) is 0 Å². The standard InChI is InChI=1S/C11H13N3O2/c1-14(2)7-3-4-9-5-6-12-8-10(9)13-11(15)16/h5-6,8,13H,7H2,1-2H3,(H,15,16). The molecular formula is C11H13N3O2. The van der Waals surface area contributed by atoms with Gasteiger partial charge in [0.1, 0.15) is 0 Å². The zero-order chi connectivity index (χ0) is 12.0. The molecule has 0 saturated heterocycles. The van der Waals surface area contributed by atoms with E-state index in [1.54, 1.807) is 12.3 Å². The third-order valence-electron chi connectivity index (χ3n) is 1.68. The normalized spacial score (nSPS) is 9.44. The summed E-state index contributed by atoms with van der Waals surface area (Å²) in [7, 11) is 3.83. The van der Waals surface area contributed by atoms with E-state index in [2.05, 4.69) is 22.1 Å². The fourth-order valence-electron chi connectivity index (χ4n) is 1.01. The second-order valence-electron chi connectivity index (χ2n) is 3.39. The van der Waals surface area contributed by atoms with E-state index in [-0.39, 0.29) is 0 Å². The van der Waals surface area contributed by atoms with Crippen molar-refractivity contribution in [1.82, 2.24) is 9.88 Å². The molecule has 5 nitrogen and oxygen atoms in total. The molecule has 1 heterocycles. The largest absolute Gasteiger partial charge is 0.465 e. The lowest BCUT2D eigenvalue weighted by Crippen LogP contribution is -2.11. The predicted molar refractivity (Wildman–Crippen MR) is 61.3 cm³/mol. The molecule has 0 bridgehead atoms. The van der Waals surface area contributed by atoms with Gasteiger partial charge < -0.3 is 5.11 Å². The Morgan fingerprint density at radius 1 is 1.62 bits per heavy atom. The number of pyridine rings is 1. The average Bonchev–Trinajstić information content (AvgIpc) is 2.19. The van der Waals surface area contributed by atoms with Gasteiger partial charge >= 0.3 is 6.09 Å². The van der Waals surface area contributed by atoms with Crippen LogP contribution in [0.3, 0.4) is 0 Å². The third-order valence-corrected chi connectivity index (χ3v) is 1.68. The van der Waals surface area contributed by atoms with Gasteiger partial charge in [-0.3, -0.25) is 15.2 Å². The smallest absolute Gasteiger partial charge is 0.409 e. The lowest BCUT2D eigenvalue weighted by atomic mass is 10.2. The number of aromatic nitrogens is 1. The van der Waals surface area contributed by atoms with E-state index in [0.717, 1.165) is 0 Å². The second kappa shape index (κ2) is 5.73. The minimum absolute atomic E-state index is 0.404. The molecule has 0 fully saturated rings. The molecule has 84 valence electrons. The predicted octanol–water partition coefficient (Wildman–Crippen LogP) is 1.08. The van der Waals surface area contributed by atoms with Gasteiger partial charge in [0.15, 0.2) is 0 Å².